The lowest BCUT2D eigenvalue weighted by Crippen LogP contribution is -2.28. The molecular formula is C56H66O15. The SMILES string of the molecule is CCC(C)(C)C(=O)Oc1ccc2c(c1)CC(=O)O2.CCC(C)(C)C(=O)Oc1ccc2c(c1)CC=CO2.CCC(C)(C)C(=O)Oc1cccc2c1C(=O)OC2.CCC(C)(C)C(=O)Oc1cccc2c1OCO2. The smallest absolute Gasteiger partial charge is 0.342 e. The first-order chi connectivity index (χ1) is 33.4. The van der Waals surface area contributed by atoms with Gasteiger partial charge in [-0.3, -0.25) is 24.0 Å². The summed E-state index contributed by atoms with van der Waals surface area (Å²) in [4.78, 5) is 70.5. The molecular weight excluding hydrogens is 913 g/mol. The number of cyclic esters (lactones) is 1. The molecule has 0 atom stereocenters. The van der Waals surface area contributed by atoms with E-state index in [1.807, 2.05) is 101 Å². The minimum atomic E-state index is -0.564. The third-order valence-electron chi connectivity index (χ3n) is 12.9. The normalized spacial score (nSPS) is 13.9. The van der Waals surface area contributed by atoms with Gasteiger partial charge < -0.3 is 42.6 Å². The predicted molar refractivity (Wildman–Crippen MR) is 263 cm³/mol. The van der Waals surface area contributed by atoms with Crippen molar-refractivity contribution >= 4 is 35.8 Å². The van der Waals surface area contributed by atoms with Gasteiger partial charge in [0.2, 0.25) is 12.5 Å². The van der Waals surface area contributed by atoms with Crippen LogP contribution in [0.25, 0.3) is 0 Å². The minimum absolute atomic E-state index is 0.168. The van der Waals surface area contributed by atoms with Crippen LogP contribution in [0.4, 0.5) is 0 Å². The highest BCUT2D eigenvalue weighted by molar-refractivity contribution is 5.97. The average molecular weight is 979 g/mol. The number of allylic oxidation sites excluding steroid dienone is 1. The molecule has 15 nitrogen and oxygen atoms in total. The quantitative estimate of drug-likeness (QED) is 0.0963. The number of para-hydroxylation sites is 1. The Balaban J connectivity index is 0.000000176. The van der Waals surface area contributed by atoms with E-state index in [1.165, 1.54) is 0 Å². The van der Waals surface area contributed by atoms with Crippen molar-refractivity contribution in [3.05, 3.63) is 107 Å². The molecule has 71 heavy (non-hydrogen) atoms. The van der Waals surface area contributed by atoms with E-state index in [2.05, 4.69) is 0 Å². The maximum absolute atomic E-state index is 12.0. The monoisotopic (exact) mass is 978 g/mol. The number of hydrogen-bond acceptors (Lipinski definition) is 15. The summed E-state index contributed by atoms with van der Waals surface area (Å²) < 4.78 is 47.2. The summed E-state index contributed by atoms with van der Waals surface area (Å²) in [7, 11) is 0. The zero-order valence-electron chi connectivity index (χ0n) is 42.9. The van der Waals surface area contributed by atoms with E-state index in [-0.39, 0.29) is 49.7 Å². The highest BCUT2D eigenvalue weighted by atomic mass is 16.7. The molecule has 0 fully saturated rings. The van der Waals surface area contributed by atoms with Crippen LogP contribution in [0, 0.1) is 21.7 Å². The van der Waals surface area contributed by atoms with Crippen molar-refractivity contribution in [1.29, 1.82) is 0 Å². The molecule has 0 aromatic heterocycles. The molecule has 0 bridgehead atoms. The molecule has 0 radical (unpaired) electrons. The summed E-state index contributed by atoms with van der Waals surface area (Å²) in [5.41, 5.74) is 0.916. The zero-order valence-corrected chi connectivity index (χ0v) is 42.9. The molecule has 4 aliphatic rings. The van der Waals surface area contributed by atoms with E-state index >= 15 is 0 Å². The van der Waals surface area contributed by atoms with E-state index in [4.69, 9.17) is 42.6 Å². The zero-order chi connectivity index (χ0) is 52.3. The molecule has 0 N–H and O–H groups in total. The average Bonchev–Trinajstić information content (AvgIpc) is 4.10. The summed E-state index contributed by atoms with van der Waals surface area (Å²) in [5.74, 6) is 2.49. The van der Waals surface area contributed by atoms with Gasteiger partial charge in [-0.25, -0.2) is 4.79 Å². The van der Waals surface area contributed by atoms with E-state index in [1.54, 1.807) is 66.9 Å². The molecule has 8 rings (SSSR count). The van der Waals surface area contributed by atoms with Crippen molar-refractivity contribution in [2.45, 2.75) is 128 Å². The molecule has 0 spiro atoms. The van der Waals surface area contributed by atoms with Gasteiger partial charge in [0.05, 0.1) is 34.3 Å². The van der Waals surface area contributed by atoms with Crippen molar-refractivity contribution in [1.82, 2.24) is 0 Å². The Bertz CT molecular complexity index is 2590. The Labute approximate surface area is 416 Å². The number of carbonyl (C=O) groups excluding carboxylic acids is 6. The molecule has 0 aliphatic carbocycles. The molecule has 0 saturated heterocycles. The van der Waals surface area contributed by atoms with Gasteiger partial charge in [0.25, 0.3) is 0 Å². The van der Waals surface area contributed by atoms with Gasteiger partial charge in [-0.05, 0) is 148 Å². The molecule has 4 aromatic rings. The van der Waals surface area contributed by atoms with Crippen LogP contribution in [0.5, 0.6) is 46.0 Å². The number of fused-ring (bicyclic) bond motifs is 4. The van der Waals surface area contributed by atoms with E-state index in [0.717, 1.165) is 41.7 Å². The summed E-state index contributed by atoms with van der Waals surface area (Å²) in [6, 6.07) is 20.9. The Morgan fingerprint density at radius 2 is 1.04 bits per heavy atom. The van der Waals surface area contributed by atoms with Gasteiger partial charge in [0.15, 0.2) is 11.5 Å². The maximum Gasteiger partial charge on any atom is 0.342 e. The summed E-state index contributed by atoms with van der Waals surface area (Å²) >= 11 is 0. The Morgan fingerprint density at radius 3 is 1.62 bits per heavy atom. The van der Waals surface area contributed by atoms with Crippen LogP contribution >= 0.6 is 0 Å². The number of ether oxygens (including phenoxy) is 9. The Kier molecular flexibility index (Phi) is 17.9. The molecule has 15 heteroatoms. The fourth-order valence-corrected chi connectivity index (χ4v) is 6.12. The lowest BCUT2D eigenvalue weighted by Gasteiger charge is -2.20. The number of hydrogen-bond donors (Lipinski definition) is 0. The fraction of sp³-hybridized carbons (Fsp3) is 0.429. The van der Waals surface area contributed by atoms with E-state index in [0.29, 0.717) is 58.7 Å². The van der Waals surface area contributed by atoms with Crippen molar-refractivity contribution in [3.63, 3.8) is 0 Å². The largest absolute Gasteiger partial charge is 0.465 e. The van der Waals surface area contributed by atoms with E-state index < -0.39 is 27.6 Å². The van der Waals surface area contributed by atoms with Gasteiger partial charge in [-0.15, -0.1) is 0 Å². The standard InChI is InChI=1S/C15H18O3.2C14H16O4.C13H16O4/c1-4-15(2,3)14(16)18-12-7-8-13-11(10-12)6-5-9-17-13;1-4-14(2,3)13(16)17-10-5-6-11-9(7-10)8-12(15)18-11;1-4-14(2,3)13(16)18-10-7-5-6-9-8-17-12(15)11(9)10;1-4-13(2,3)12(14)17-10-7-5-6-9-11(10)16-8-15-9/h5,7-10H,4,6H2,1-3H3;2*5-7H,4,8H2,1-3H3;5-7H,4,8H2,1-3H3. The van der Waals surface area contributed by atoms with Gasteiger partial charge in [0.1, 0.15) is 40.9 Å². The van der Waals surface area contributed by atoms with Gasteiger partial charge in [0, 0.05) is 16.7 Å². The second-order valence-corrected chi connectivity index (χ2v) is 19.7. The van der Waals surface area contributed by atoms with Crippen LogP contribution < -0.4 is 37.9 Å². The topological polar surface area (TPSA) is 185 Å². The Hall–Kier alpha value is -7.16. The van der Waals surface area contributed by atoms with Gasteiger partial charge in [-0.1, -0.05) is 45.9 Å². The van der Waals surface area contributed by atoms with Crippen LogP contribution in [-0.2, 0) is 48.2 Å². The number of benzene rings is 4. The van der Waals surface area contributed by atoms with Crippen molar-refractivity contribution in [2.75, 3.05) is 6.79 Å². The lowest BCUT2D eigenvalue weighted by atomic mass is 9.90. The highest BCUT2D eigenvalue weighted by Crippen LogP contribution is 2.42. The fourth-order valence-electron chi connectivity index (χ4n) is 6.12. The molecule has 0 amide bonds. The highest BCUT2D eigenvalue weighted by Gasteiger charge is 2.33. The first kappa shape index (κ1) is 54.8. The molecule has 0 saturated carbocycles. The number of rotatable bonds is 12. The first-order valence-electron chi connectivity index (χ1n) is 23.8. The maximum atomic E-state index is 12.0. The number of carbonyl (C=O) groups is 6. The molecule has 4 heterocycles. The molecule has 380 valence electrons. The second kappa shape index (κ2) is 23.2. The van der Waals surface area contributed by atoms with Crippen LogP contribution in [0.1, 0.15) is 136 Å². The number of esters is 6. The van der Waals surface area contributed by atoms with Gasteiger partial charge >= 0.3 is 35.8 Å². The Morgan fingerprint density at radius 1 is 0.535 bits per heavy atom. The molecule has 4 aliphatic heterocycles. The van der Waals surface area contributed by atoms with Gasteiger partial charge in [-0.2, -0.15) is 0 Å². The van der Waals surface area contributed by atoms with E-state index in [9.17, 15) is 28.8 Å². The van der Waals surface area contributed by atoms with Crippen molar-refractivity contribution in [2.24, 2.45) is 21.7 Å². The third-order valence-corrected chi connectivity index (χ3v) is 12.9. The lowest BCUT2D eigenvalue weighted by molar-refractivity contribution is -0.145. The van der Waals surface area contributed by atoms with Crippen LogP contribution in [0.15, 0.2) is 85.1 Å². The summed E-state index contributed by atoms with van der Waals surface area (Å²) in [6.07, 6.45) is 7.50. The molecule has 4 aromatic carbocycles. The molecule has 0 unspecified atom stereocenters. The third kappa shape index (κ3) is 14.0. The van der Waals surface area contributed by atoms with Crippen LogP contribution in [0.3, 0.4) is 0 Å². The summed E-state index contributed by atoms with van der Waals surface area (Å²) in [5, 5.41) is 0. The predicted octanol–water partition coefficient (Wildman–Crippen LogP) is 11.4. The van der Waals surface area contributed by atoms with Crippen LogP contribution in [-0.4, -0.2) is 42.6 Å². The second-order valence-electron chi connectivity index (χ2n) is 19.7. The van der Waals surface area contributed by atoms with Crippen molar-refractivity contribution in [3.8, 4) is 46.0 Å². The first-order valence-corrected chi connectivity index (χ1v) is 23.8. The summed E-state index contributed by atoms with van der Waals surface area (Å²) in [6.45, 7) is 23.0. The van der Waals surface area contributed by atoms with Crippen LogP contribution in [0.2, 0.25) is 0 Å². The van der Waals surface area contributed by atoms with Crippen molar-refractivity contribution < 1.29 is 71.4 Å². The minimum Gasteiger partial charge on any atom is -0.465 e.